The van der Waals surface area contributed by atoms with E-state index in [1.54, 1.807) is 41.7 Å². The number of ketones is 1. The molecule has 5 N–H and O–H groups in total. The van der Waals surface area contributed by atoms with Crippen LogP contribution >= 0.6 is 0 Å². The first-order valence-electron chi connectivity index (χ1n) is 8.28. The molecule has 2 rings (SSSR count). The van der Waals surface area contributed by atoms with Gasteiger partial charge in [-0.1, -0.05) is 24.3 Å². The molecule has 0 atom stereocenters. The highest BCUT2D eigenvalue weighted by atomic mass is 32.2. The van der Waals surface area contributed by atoms with Crippen LogP contribution in [-0.4, -0.2) is 31.9 Å². The molecule has 0 bridgehead atoms. The minimum atomic E-state index is -3.31. The van der Waals surface area contributed by atoms with Gasteiger partial charge in [-0.15, -0.1) is 0 Å². The molecule has 7 nitrogen and oxygen atoms in total. The van der Waals surface area contributed by atoms with Crippen LogP contribution in [0.2, 0.25) is 0 Å². The first-order valence-corrected chi connectivity index (χ1v) is 10.2. The third-order valence-electron chi connectivity index (χ3n) is 3.58. The molecule has 0 saturated carbocycles. The van der Waals surface area contributed by atoms with E-state index < -0.39 is 15.6 Å². The number of hydrogen-bond acceptors (Lipinski definition) is 6. The number of allylic oxidation sites excluding steroid dienone is 2. The van der Waals surface area contributed by atoms with Gasteiger partial charge < -0.3 is 5.73 Å². The molecule has 0 saturated heterocycles. The van der Waals surface area contributed by atoms with E-state index in [0.717, 1.165) is 6.26 Å². The minimum Gasteiger partial charge on any atom is -0.405 e. The summed E-state index contributed by atoms with van der Waals surface area (Å²) < 4.78 is 23.2. The number of nitrogens with one attached hydrogen (secondary N) is 1. The summed E-state index contributed by atoms with van der Waals surface area (Å²) in [5.41, 5.74) is 6.46. The zero-order chi connectivity index (χ0) is 20.6. The number of carbonyl (C=O) groups is 1. The lowest BCUT2D eigenvalue weighted by molar-refractivity contribution is -0.496. The van der Waals surface area contributed by atoms with E-state index in [9.17, 15) is 13.2 Å². The molecule has 0 spiro atoms. The van der Waals surface area contributed by atoms with E-state index in [4.69, 9.17) is 11.1 Å². The highest BCUT2D eigenvalue weighted by Gasteiger charge is 2.13. The second-order valence-electron chi connectivity index (χ2n) is 5.80. The van der Waals surface area contributed by atoms with Crippen LogP contribution < -0.4 is 11.1 Å². The van der Waals surface area contributed by atoms with Crippen LogP contribution in [0, 0.1) is 5.41 Å². The fraction of sp³-hybridized carbons (Fsp3) is 0.0500. The van der Waals surface area contributed by atoms with E-state index >= 15 is 0 Å². The molecule has 0 radical (unpaired) electrons. The van der Waals surface area contributed by atoms with Gasteiger partial charge in [-0.25, -0.2) is 13.4 Å². The number of quaternary nitrogens is 1. The number of benzene rings is 2. The largest absolute Gasteiger partial charge is 0.405 e. The lowest BCUT2D eigenvalue weighted by Crippen LogP contribution is -2.71. The normalized spacial score (nSPS) is 12.5. The van der Waals surface area contributed by atoms with Gasteiger partial charge in [-0.2, -0.15) is 0 Å². The van der Waals surface area contributed by atoms with Gasteiger partial charge >= 0.3 is 0 Å². The highest BCUT2D eigenvalue weighted by Crippen LogP contribution is 2.12. The highest BCUT2D eigenvalue weighted by molar-refractivity contribution is 7.90. The second kappa shape index (κ2) is 9.54. The summed E-state index contributed by atoms with van der Waals surface area (Å²) in [4.78, 5) is 16.7. The lowest BCUT2D eigenvalue weighted by atomic mass is 10.1. The Labute approximate surface area is 163 Å². The lowest BCUT2D eigenvalue weighted by Gasteiger charge is -2.02. The zero-order valence-electron chi connectivity index (χ0n) is 15.2. The number of para-hydroxylation sites is 1. The van der Waals surface area contributed by atoms with Crippen molar-refractivity contribution in [2.75, 3.05) is 6.26 Å². The molecule has 0 aromatic heterocycles. The molecule has 0 fully saturated rings. The Morgan fingerprint density at radius 2 is 1.82 bits per heavy atom. The maximum atomic E-state index is 12.3. The number of nitrogens with two attached hydrogens (primary N) is 2. The number of sulfone groups is 1. The summed E-state index contributed by atoms with van der Waals surface area (Å²) in [5.74, 6) is -0.553. The summed E-state index contributed by atoms with van der Waals surface area (Å²) in [6.45, 7) is 0. The van der Waals surface area contributed by atoms with Crippen molar-refractivity contribution in [2.45, 2.75) is 4.90 Å². The van der Waals surface area contributed by atoms with E-state index in [0.29, 0.717) is 11.4 Å². The first-order chi connectivity index (χ1) is 13.3. The summed E-state index contributed by atoms with van der Waals surface area (Å²) in [5, 5.41) is 9.66. The Kier molecular flexibility index (Phi) is 7.14. The van der Waals surface area contributed by atoms with Crippen molar-refractivity contribution < 1.29 is 18.5 Å². The molecule has 8 heteroatoms. The minimum absolute atomic E-state index is 0.141. The Morgan fingerprint density at radius 1 is 1.11 bits per heavy atom. The second-order valence-corrected chi connectivity index (χ2v) is 7.82. The van der Waals surface area contributed by atoms with Crippen molar-refractivity contribution >= 4 is 38.4 Å². The molecule has 0 aliphatic rings. The maximum absolute atomic E-state index is 12.3. The summed E-state index contributed by atoms with van der Waals surface area (Å²) >= 11 is 0. The van der Waals surface area contributed by atoms with Crippen LogP contribution in [0.25, 0.3) is 0 Å². The van der Waals surface area contributed by atoms with E-state index in [2.05, 4.69) is 4.99 Å². The van der Waals surface area contributed by atoms with E-state index in [-0.39, 0.29) is 16.3 Å². The summed E-state index contributed by atoms with van der Waals surface area (Å²) in [7, 11) is -3.31. The number of aliphatic imine (C=N–C) groups is 1. The molecular formula is C20H21N4O3S+. The number of nitrogens with zero attached hydrogens (tertiary/aromatic N) is 1. The predicted octanol–water partition coefficient (Wildman–Crippen LogP) is 1.63. The molecule has 0 aliphatic carbocycles. The van der Waals surface area contributed by atoms with Gasteiger partial charge in [0.25, 0.3) is 0 Å². The van der Waals surface area contributed by atoms with Crippen molar-refractivity contribution in [1.29, 1.82) is 5.41 Å². The van der Waals surface area contributed by atoms with Crippen molar-refractivity contribution in [2.24, 2.45) is 10.7 Å². The first kappa shape index (κ1) is 20.9. The zero-order valence-corrected chi connectivity index (χ0v) is 16.1. The molecule has 0 amide bonds. The van der Waals surface area contributed by atoms with Crippen molar-refractivity contribution in [3.05, 3.63) is 79.1 Å². The monoisotopic (exact) mass is 397 g/mol. The Balaban J connectivity index is 2.12. The average molecular weight is 397 g/mol. The van der Waals surface area contributed by atoms with E-state index in [1.807, 2.05) is 6.07 Å². The Bertz CT molecular complexity index is 1060. The summed E-state index contributed by atoms with van der Waals surface area (Å²) in [6.07, 6.45) is 6.42. The van der Waals surface area contributed by atoms with Gasteiger partial charge in [0.05, 0.1) is 16.3 Å². The third-order valence-corrected chi connectivity index (χ3v) is 4.70. The van der Waals surface area contributed by atoms with Crippen molar-refractivity contribution in [3.8, 4) is 0 Å². The van der Waals surface area contributed by atoms with Crippen LogP contribution in [0.5, 0.6) is 0 Å². The molecule has 0 aliphatic heterocycles. The van der Waals surface area contributed by atoms with Crippen LogP contribution in [-0.2, 0) is 14.6 Å². The van der Waals surface area contributed by atoms with Crippen LogP contribution in [0.3, 0.4) is 0 Å². The molecule has 2 aromatic carbocycles. The number of hydrogen-bond donors (Lipinski definition) is 3. The smallest absolute Gasteiger partial charge is 0.210 e. The van der Waals surface area contributed by atoms with Crippen LogP contribution in [0.1, 0.15) is 0 Å². The van der Waals surface area contributed by atoms with Crippen LogP contribution in [0.15, 0.2) is 89.0 Å². The van der Waals surface area contributed by atoms with Gasteiger partial charge in [0.2, 0.25) is 5.78 Å². The van der Waals surface area contributed by atoms with Crippen molar-refractivity contribution in [3.63, 3.8) is 0 Å². The topological polar surface area (TPSA) is 130 Å². The van der Waals surface area contributed by atoms with E-state index in [1.165, 1.54) is 36.7 Å². The van der Waals surface area contributed by atoms with Crippen molar-refractivity contribution in [1.82, 2.24) is 0 Å². The fourth-order valence-electron chi connectivity index (χ4n) is 2.21. The summed E-state index contributed by atoms with van der Waals surface area (Å²) in [6, 6.07) is 15.3. The standard InChI is InChI=1S/C20H20N4O3S/c1-28(26,27)17-9-5-8-16(14-17)23-13-11-19(25)20(22)18(10-12-21)24-15-6-3-2-4-7-15/h2-14,22-23H,21H2,1H3/p+1. The maximum Gasteiger partial charge on any atom is 0.210 e. The number of rotatable bonds is 8. The molecule has 28 heavy (non-hydrogen) atoms. The molecule has 0 heterocycles. The Morgan fingerprint density at radius 3 is 2.46 bits per heavy atom. The third kappa shape index (κ3) is 6.11. The molecule has 2 aromatic rings. The molecule has 0 unspecified atom stereocenters. The Hall–Kier alpha value is -3.36. The molecular weight excluding hydrogens is 376 g/mol. The predicted molar refractivity (Wildman–Crippen MR) is 110 cm³/mol. The van der Waals surface area contributed by atoms with Gasteiger partial charge in [-0.05, 0) is 36.5 Å². The van der Waals surface area contributed by atoms with Gasteiger partial charge in [-0.3, -0.25) is 15.5 Å². The van der Waals surface area contributed by atoms with Gasteiger partial charge in [0.15, 0.2) is 9.84 Å². The fourth-order valence-corrected chi connectivity index (χ4v) is 2.89. The van der Waals surface area contributed by atoms with Gasteiger partial charge in [0, 0.05) is 18.4 Å². The van der Waals surface area contributed by atoms with Crippen LogP contribution in [0.4, 0.5) is 11.4 Å². The SMILES string of the molecule is CS(=O)(=O)c1cccc([NH2+]C=CC(=O)C(=N)C(C=CN)=Nc2ccccc2)c1. The molecule has 144 valence electrons. The number of carbonyl (C=O) groups excluding carboxylic acids is 1. The van der Waals surface area contributed by atoms with Gasteiger partial charge in [0.1, 0.15) is 17.6 Å². The quantitative estimate of drug-likeness (QED) is 0.355. The average Bonchev–Trinajstić information content (AvgIpc) is 2.67.